The molecule has 2 aromatic rings. The molecule has 0 atom stereocenters. The Labute approximate surface area is 130 Å². The highest BCUT2D eigenvalue weighted by Crippen LogP contribution is 2.29. The third kappa shape index (κ3) is 3.88. The van der Waals surface area contributed by atoms with Crippen molar-refractivity contribution in [1.82, 2.24) is 4.72 Å². The molecule has 0 saturated heterocycles. The van der Waals surface area contributed by atoms with E-state index >= 15 is 0 Å². The number of sulfonamides is 1. The number of halogens is 2. The molecule has 0 saturated carbocycles. The van der Waals surface area contributed by atoms with Gasteiger partial charge < -0.3 is 0 Å². The van der Waals surface area contributed by atoms with E-state index in [1.807, 2.05) is 0 Å². The summed E-state index contributed by atoms with van der Waals surface area (Å²) in [4.78, 5) is 1.02. The lowest BCUT2D eigenvalue weighted by molar-refractivity contribution is 0.581. The zero-order chi connectivity index (χ0) is 14.8. The molecule has 1 N–H and O–H groups in total. The fourth-order valence-electron chi connectivity index (χ4n) is 1.80. The van der Waals surface area contributed by atoms with E-state index in [0.717, 1.165) is 14.2 Å². The van der Waals surface area contributed by atoms with E-state index in [1.54, 1.807) is 25.1 Å². The van der Waals surface area contributed by atoms with Crippen LogP contribution in [0.4, 0.5) is 4.39 Å². The minimum atomic E-state index is -3.51. The van der Waals surface area contributed by atoms with Crippen molar-refractivity contribution in [3.8, 4) is 0 Å². The predicted molar refractivity (Wildman–Crippen MR) is 82.0 cm³/mol. The summed E-state index contributed by atoms with van der Waals surface area (Å²) < 4.78 is 40.6. The first-order valence-corrected chi connectivity index (χ1v) is 8.98. The van der Waals surface area contributed by atoms with Crippen LogP contribution in [0.3, 0.4) is 0 Å². The molecule has 1 heterocycles. The van der Waals surface area contributed by atoms with Crippen molar-refractivity contribution >= 4 is 37.3 Å². The van der Waals surface area contributed by atoms with E-state index in [4.69, 9.17) is 0 Å². The average Bonchev–Trinajstić information content (AvgIpc) is 2.69. The summed E-state index contributed by atoms with van der Waals surface area (Å²) >= 11 is 4.65. The highest BCUT2D eigenvalue weighted by Gasteiger charge is 2.18. The molecule has 108 valence electrons. The second-order valence-electron chi connectivity index (χ2n) is 4.25. The van der Waals surface area contributed by atoms with Gasteiger partial charge in [-0.2, -0.15) is 0 Å². The molecule has 1 aromatic carbocycles. The summed E-state index contributed by atoms with van der Waals surface area (Å²) in [5.74, 6) is -0.317. The molecule has 0 fully saturated rings. The number of benzene rings is 1. The third-order valence-corrected chi connectivity index (χ3v) is 6.00. The van der Waals surface area contributed by atoms with E-state index in [2.05, 4.69) is 20.7 Å². The topological polar surface area (TPSA) is 46.2 Å². The Morgan fingerprint density at radius 3 is 2.70 bits per heavy atom. The molecule has 0 spiro atoms. The number of nitrogens with one attached hydrogen (secondary N) is 1. The van der Waals surface area contributed by atoms with Gasteiger partial charge in [-0.15, -0.1) is 11.3 Å². The van der Waals surface area contributed by atoms with E-state index in [-0.39, 0.29) is 17.3 Å². The van der Waals surface area contributed by atoms with E-state index in [1.165, 1.54) is 23.5 Å². The Bertz CT molecular complexity index is 713. The predicted octanol–water partition coefficient (Wildman–Crippen LogP) is 3.48. The molecule has 20 heavy (non-hydrogen) atoms. The molecule has 2 rings (SSSR count). The monoisotopic (exact) mass is 377 g/mol. The molecule has 3 nitrogen and oxygen atoms in total. The highest BCUT2D eigenvalue weighted by atomic mass is 79.9. The molecular weight excluding hydrogens is 365 g/mol. The van der Waals surface area contributed by atoms with Gasteiger partial charge in [-0.3, -0.25) is 0 Å². The minimum Gasteiger partial charge on any atom is -0.211 e. The number of thiophene rings is 1. The molecule has 0 aliphatic heterocycles. The van der Waals surface area contributed by atoms with Crippen LogP contribution in [0, 0.1) is 12.7 Å². The maximum absolute atomic E-state index is 13.0. The smallest absolute Gasteiger partial charge is 0.211 e. The van der Waals surface area contributed by atoms with Crippen LogP contribution in [0.15, 0.2) is 39.0 Å². The van der Waals surface area contributed by atoms with Crippen LogP contribution in [0.1, 0.15) is 10.4 Å². The van der Waals surface area contributed by atoms with Gasteiger partial charge >= 0.3 is 0 Å². The fourth-order valence-corrected chi connectivity index (χ4v) is 5.24. The maximum atomic E-state index is 13.0. The Hall–Kier alpha value is -0.760. The lowest BCUT2D eigenvalue weighted by Crippen LogP contribution is -2.26. The Kier molecular flexibility index (Phi) is 4.95. The Morgan fingerprint density at radius 1 is 1.35 bits per heavy atom. The van der Waals surface area contributed by atoms with Crippen molar-refractivity contribution in [2.45, 2.75) is 18.2 Å². The summed E-state index contributed by atoms with van der Waals surface area (Å²) in [6.45, 7) is 2.00. The zero-order valence-corrected chi connectivity index (χ0v) is 13.9. The first-order valence-electron chi connectivity index (χ1n) is 5.88. The van der Waals surface area contributed by atoms with Crippen molar-refractivity contribution in [2.24, 2.45) is 0 Å². The number of aryl methyl sites for hydroxylation is 1. The van der Waals surface area contributed by atoms with Crippen molar-refractivity contribution in [1.29, 1.82) is 0 Å². The van der Waals surface area contributed by atoms with Gasteiger partial charge in [0, 0.05) is 11.4 Å². The van der Waals surface area contributed by atoms with Gasteiger partial charge in [-0.05, 0) is 53.0 Å². The summed E-state index contributed by atoms with van der Waals surface area (Å²) in [6.07, 6.45) is 0.446. The molecule has 0 radical (unpaired) electrons. The molecule has 0 unspecified atom stereocenters. The molecule has 1 aromatic heterocycles. The van der Waals surface area contributed by atoms with Crippen molar-refractivity contribution in [2.75, 3.05) is 6.54 Å². The molecule has 0 bridgehead atoms. The molecule has 0 aliphatic rings. The van der Waals surface area contributed by atoms with Crippen LogP contribution in [0.25, 0.3) is 0 Å². The van der Waals surface area contributed by atoms with Crippen LogP contribution in [0.5, 0.6) is 0 Å². The SMILES string of the molecule is Cc1sc(Br)cc1S(=O)(=O)NCCc1cccc(F)c1. The van der Waals surface area contributed by atoms with Crippen molar-refractivity contribution < 1.29 is 12.8 Å². The standard InChI is InChI=1S/C13H13BrFNO2S2/c1-9-12(8-13(14)19-9)20(17,18)16-6-5-10-3-2-4-11(15)7-10/h2-4,7-8,16H,5-6H2,1H3. The lowest BCUT2D eigenvalue weighted by atomic mass is 10.1. The van der Waals surface area contributed by atoms with Crippen LogP contribution >= 0.6 is 27.3 Å². The average molecular weight is 378 g/mol. The van der Waals surface area contributed by atoms with Crippen LogP contribution in [-0.2, 0) is 16.4 Å². The second kappa shape index (κ2) is 6.34. The van der Waals surface area contributed by atoms with Gasteiger partial charge in [0.05, 0.1) is 8.68 Å². The van der Waals surface area contributed by atoms with Gasteiger partial charge in [0.25, 0.3) is 0 Å². The number of hydrogen-bond donors (Lipinski definition) is 1. The summed E-state index contributed by atoms with van der Waals surface area (Å²) in [7, 11) is -3.51. The summed E-state index contributed by atoms with van der Waals surface area (Å²) in [5.41, 5.74) is 0.760. The first kappa shape index (κ1) is 15.6. The van der Waals surface area contributed by atoms with Gasteiger partial charge in [0.15, 0.2) is 0 Å². The molecular formula is C13H13BrFNO2S2. The summed E-state index contributed by atoms with van der Waals surface area (Å²) in [5, 5.41) is 0. The number of hydrogen-bond acceptors (Lipinski definition) is 3. The van der Waals surface area contributed by atoms with E-state index < -0.39 is 10.0 Å². The van der Waals surface area contributed by atoms with E-state index in [0.29, 0.717) is 6.42 Å². The normalized spacial score (nSPS) is 11.8. The van der Waals surface area contributed by atoms with Crippen LogP contribution in [0.2, 0.25) is 0 Å². The molecule has 0 amide bonds. The van der Waals surface area contributed by atoms with Crippen LogP contribution in [-0.4, -0.2) is 15.0 Å². The van der Waals surface area contributed by atoms with Crippen molar-refractivity contribution in [3.63, 3.8) is 0 Å². The highest BCUT2D eigenvalue weighted by molar-refractivity contribution is 9.11. The fraction of sp³-hybridized carbons (Fsp3) is 0.231. The van der Waals surface area contributed by atoms with Gasteiger partial charge in [0.2, 0.25) is 10.0 Å². The largest absolute Gasteiger partial charge is 0.241 e. The van der Waals surface area contributed by atoms with Crippen molar-refractivity contribution in [3.05, 3.63) is 50.4 Å². The second-order valence-corrected chi connectivity index (χ2v) is 8.62. The van der Waals surface area contributed by atoms with Crippen LogP contribution < -0.4 is 4.72 Å². The first-order chi connectivity index (χ1) is 9.38. The van der Waals surface area contributed by atoms with Gasteiger partial charge in [-0.1, -0.05) is 12.1 Å². The molecule has 0 aliphatic carbocycles. The third-order valence-electron chi connectivity index (χ3n) is 2.73. The quantitative estimate of drug-likeness (QED) is 0.866. The minimum absolute atomic E-state index is 0.235. The zero-order valence-electron chi connectivity index (χ0n) is 10.7. The van der Waals surface area contributed by atoms with Gasteiger partial charge in [0.1, 0.15) is 5.82 Å². The van der Waals surface area contributed by atoms with Gasteiger partial charge in [-0.25, -0.2) is 17.5 Å². The van der Waals surface area contributed by atoms with E-state index in [9.17, 15) is 12.8 Å². The Balaban J connectivity index is 2.01. The summed E-state index contributed by atoms with van der Waals surface area (Å²) in [6, 6.07) is 7.73. The number of rotatable bonds is 5. The maximum Gasteiger partial charge on any atom is 0.241 e. The molecule has 7 heteroatoms. The lowest BCUT2D eigenvalue weighted by Gasteiger charge is -2.06. The Morgan fingerprint density at radius 2 is 2.10 bits per heavy atom.